The first-order chi connectivity index (χ1) is 9.54. The lowest BCUT2D eigenvalue weighted by atomic mass is 10.2. The molecule has 1 N–H and O–H groups in total. The fourth-order valence-electron chi connectivity index (χ4n) is 1.77. The molecule has 1 heterocycles. The molecule has 0 saturated heterocycles. The molecule has 5 heteroatoms. The van der Waals surface area contributed by atoms with Gasteiger partial charge in [0.1, 0.15) is 0 Å². The number of carboxylic acid groups (broad SMARTS) is 1. The second kappa shape index (κ2) is 6.59. The van der Waals surface area contributed by atoms with Crippen molar-refractivity contribution in [3.8, 4) is 0 Å². The lowest BCUT2D eigenvalue weighted by molar-refractivity contribution is -0.131. The summed E-state index contributed by atoms with van der Waals surface area (Å²) in [7, 11) is 2.01. The molecule has 0 unspecified atom stereocenters. The third-order valence-electron chi connectivity index (χ3n) is 2.77. The largest absolute Gasteiger partial charge is 0.478 e. The minimum atomic E-state index is -0.944. The first-order valence-electron chi connectivity index (χ1n) is 6.01. The van der Waals surface area contributed by atoms with Gasteiger partial charge in [0.05, 0.1) is 10.9 Å². The van der Waals surface area contributed by atoms with Gasteiger partial charge in [-0.3, -0.25) is 0 Å². The van der Waals surface area contributed by atoms with Gasteiger partial charge in [-0.25, -0.2) is 4.79 Å². The van der Waals surface area contributed by atoms with E-state index in [4.69, 9.17) is 16.7 Å². The first kappa shape index (κ1) is 14.6. The molecule has 0 bridgehead atoms. The van der Waals surface area contributed by atoms with Crippen molar-refractivity contribution in [2.24, 2.45) is 0 Å². The normalized spacial score (nSPS) is 10.9. The highest BCUT2D eigenvalue weighted by atomic mass is 35.5. The number of benzene rings is 1. The standard InChI is InChI=1S/C15H14ClNO2S/c1-17(10-13-7-8-14(16)20-13)12-5-2-11(3-6-12)4-9-15(18)19/h2-9H,10H2,1H3,(H,18,19). The monoisotopic (exact) mass is 307 g/mol. The van der Waals surface area contributed by atoms with Gasteiger partial charge in [-0.2, -0.15) is 0 Å². The van der Waals surface area contributed by atoms with Crippen LogP contribution < -0.4 is 4.90 Å². The van der Waals surface area contributed by atoms with E-state index in [9.17, 15) is 4.79 Å². The van der Waals surface area contributed by atoms with E-state index in [2.05, 4.69) is 4.90 Å². The Morgan fingerprint density at radius 1 is 1.30 bits per heavy atom. The van der Waals surface area contributed by atoms with Gasteiger partial charge in [0.2, 0.25) is 0 Å². The van der Waals surface area contributed by atoms with E-state index >= 15 is 0 Å². The molecule has 104 valence electrons. The maximum atomic E-state index is 10.4. The molecule has 0 amide bonds. The molecule has 3 nitrogen and oxygen atoms in total. The summed E-state index contributed by atoms with van der Waals surface area (Å²) in [4.78, 5) is 13.8. The summed E-state index contributed by atoms with van der Waals surface area (Å²) in [6, 6.07) is 11.6. The Hall–Kier alpha value is -1.78. The van der Waals surface area contributed by atoms with E-state index in [0.717, 1.165) is 28.2 Å². The van der Waals surface area contributed by atoms with Gasteiger partial charge in [-0.05, 0) is 35.9 Å². The molecule has 0 aliphatic carbocycles. The molecule has 1 aromatic carbocycles. The van der Waals surface area contributed by atoms with Crippen LogP contribution in [0.1, 0.15) is 10.4 Å². The van der Waals surface area contributed by atoms with E-state index in [0.29, 0.717) is 0 Å². The number of hydrogen-bond acceptors (Lipinski definition) is 3. The summed E-state index contributed by atoms with van der Waals surface area (Å²) in [5.41, 5.74) is 1.94. The Morgan fingerprint density at radius 2 is 2.00 bits per heavy atom. The van der Waals surface area contributed by atoms with Gasteiger partial charge in [0.25, 0.3) is 0 Å². The highest BCUT2D eigenvalue weighted by Gasteiger charge is 2.04. The first-order valence-corrected chi connectivity index (χ1v) is 7.20. The zero-order valence-electron chi connectivity index (χ0n) is 10.9. The zero-order valence-corrected chi connectivity index (χ0v) is 12.5. The van der Waals surface area contributed by atoms with Crippen molar-refractivity contribution in [2.75, 3.05) is 11.9 Å². The van der Waals surface area contributed by atoms with Gasteiger partial charge in [0.15, 0.2) is 0 Å². The van der Waals surface area contributed by atoms with Crippen LogP contribution in [0.3, 0.4) is 0 Å². The number of hydrogen-bond donors (Lipinski definition) is 1. The van der Waals surface area contributed by atoms with Crippen molar-refractivity contribution >= 4 is 40.7 Å². The second-order valence-corrected chi connectivity index (χ2v) is 6.12. The van der Waals surface area contributed by atoms with Crippen molar-refractivity contribution < 1.29 is 9.90 Å². The molecule has 2 aromatic rings. The molecule has 0 saturated carbocycles. The van der Waals surface area contributed by atoms with E-state index < -0.39 is 5.97 Å². The van der Waals surface area contributed by atoms with Gasteiger partial charge in [-0.1, -0.05) is 23.7 Å². The minimum Gasteiger partial charge on any atom is -0.478 e. The Balaban J connectivity index is 2.03. The molecular weight excluding hydrogens is 294 g/mol. The lowest BCUT2D eigenvalue weighted by Crippen LogP contribution is -2.15. The molecule has 0 aliphatic heterocycles. The van der Waals surface area contributed by atoms with Crippen LogP contribution in [-0.2, 0) is 11.3 Å². The van der Waals surface area contributed by atoms with Gasteiger partial charge >= 0.3 is 5.97 Å². The summed E-state index contributed by atoms with van der Waals surface area (Å²) in [5, 5.41) is 8.58. The maximum Gasteiger partial charge on any atom is 0.328 e. The number of carbonyl (C=O) groups is 1. The molecule has 1 aromatic heterocycles. The van der Waals surface area contributed by atoms with Gasteiger partial charge in [0, 0.05) is 23.7 Å². The molecule has 0 radical (unpaired) electrons. The van der Waals surface area contributed by atoms with Crippen LogP contribution in [0.4, 0.5) is 5.69 Å². The van der Waals surface area contributed by atoms with Crippen molar-refractivity contribution in [1.82, 2.24) is 0 Å². The quantitative estimate of drug-likeness (QED) is 0.844. The predicted octanol–water partition coefficient (Wildman–Crippen LogP) is 4.14. The number of thiophene rings is 1. The average molecular weight is 308 g/mol. The van der Waals surface area contributed by atoms with E-state index in [1.165, 1.54) is 4.88 Å². The summed E-state index contributed by atoms with van der Waals surface area (Å²) in [6.45, 7) is 0.793. The van der Waals surface area contributed by atoms with Crippen molar-refractivity contribution in [1.29, 1.82) is 0 Å². The Bertz CT molecular complexity index is 619. The SMILES string of the molecule is CN(Cc1ccc(Cl)s1)c1ccc(C=CC(=O)O)cc1. The number of halogens is 1. The Labute approximate surface area is 126 Å². The molecule has 0 spiro atoms. The van der Waals surface area contributed by atoms with Crippen LogP contribution in [0.2, 0.25) is 4.34 Å². The molecule has 20 heavy (non-hydrogen) atoms. The smallest absolute Gasteiger partial charge is 0.328 e. The highest BCUT2D eigenvalue weighted by molar-refractivity contribution is 7.16. The number of nitrogens with zero attached hydrogens (tertiary/aromatic N) is 1. The number of carboxylic acids is 1. The fraction of sp³-hybridized carbons (Fsp3) is 0.133. The van der Waals surface area contributed by atoms with Crippen LogP contribution in [0.5, 0.6) is 0 Å². The third kappa shape index (κ3) is 4.11. The van der Waals surface area contributed by atoms with E-state index in [-0.39, 0.29) is 0 Å². The Kier molecular flexibility index (Phi) is 4.82. The molecule has 0 atom stereocenters. The number of rotatable bonds is 5. The van der Waals surface area contributed by atoms with Crippen LogP contribution in [0.15, 0.2) is 42.5 Å². The number of anilines is 1. The topological polar surface area (TPSA) is 40.5 Å². The van der Waals surface area contributed by atoms with Crippen LogP contribution in [0.25, 0.3) is 6.08 Å². The van der Waals surface area contributed by atoms with Crippen molar-refractivity contribution in [2.45, 2.75) is 6.54 Å². The van der Waals surface area contributed by atoms with E-state index in [1.54, 1.807) is 17.4 Å². The second-order valence-electron chi connectivity index (χ2n) is 4.32. The van der Waals surface area contributed by atoms with Crippen LogP contribution >= 0.6 is 22.9 Å². The third-order valence-corrected chi connectivity index (χ3v) is 3.99. The molecule has 2 rings (SSSR count). The Morgan fingerprint density at radius 3 is 2.55 bits per heavy atom. The molecular formula is C15H14ClNO2S. The molecule has 0 aliphatic rings. The minimum absolute atomic E-state index is 0.793. The highest BCUT2D eigenvalue weighted by Crippen LogP contribution is 2.24. The van der Waals surface area contributed by atoms with E-state index in [1.807, 2.05) is 43.4 Å². The van der Waals surface area contributed by atoms with Crippen molar-refractivity contribution in [3.05, 3.63) is 57.3 Å². The summed E-state index contributed by atoms with van der Waals surface area (Å²) >= 11 is 7.49. The predicted molar refractivity (Wildman–Crippen MR) is 84.5 cm³/mol. The summed E-state index contributed by atoms with van der Waals surface area (Å²) in [5.74, 6) is -0.944. The lowest BCUT2D eigenvalue weighted by Gasteiger charge is -2.18. The van der Waals surface area contributed by atoms with Gasteiger partial charge in [-0.15, -0.1) is 11.3 Å². The van der Waals surface area contributed by atoms with Crippen molar-refractivity contribution in [3.63, 3.8) is 0 Å². The molecule has 0 fully saturated rings. The average Bonchev–Trinajstić information content (AvgIpc) is 2.82. The number of aliphatic carboxylic acids is 1. The zero-order chi connectivity index (χ0) is 14.5. The van der Waals surface area contributed by atoms with Crippen LogP contribution in [-0.4, -0.2) is 18.1 Å². The summed E-state index contributed by atoms with van der Waals surface area (Å²) < 4.78 is 0.794. The maximum absolute atomic E-state index is 10.4. The summed E-state index contributed by atoms with van der Waals surface area (Å²) in [6.07, 6.45) is 2.71. The van der Waals surface area contributed by atoms with Crippen LogP contribution in [0, 0.1) is 0 Å². The fourth-order valence-corrected chi connectivity index (χ4v) is 2.91. The van der Waals surface area contributed by atoms with Gasteiger partial charge < -0.3 is 10.0 Å².